The molecule has 1 aromatic carbocycles. The molecule has 1 amide bonds. The summed E-state index contributed by atoms with van der Waals surface area (Å²) in [5.74, 6) is -4.87. The molecule has 4 rings (SSSR count). The summed E-state index contributed by atoms with van der Waals surface area (Å²) in [6, 6.07) is 8.36. The Balaban J connectivity index is 1.60. The number of alkyl halides is 2. The van der Waals surface area contributed by atoms with Gasteiger partial charge in [-0.1, -0.05) is 30.7 Å². The predicted octanol–water partition coefficient (Wildman–Crippen LogP) is 4.17. The van der Waals surface area contributed by atoms with Crippen LogP contribution in [0, 0.1) is 5.41 Å². The Hall–Kier alpha value is -2.74. The fraction of sp³-hybridized carbons (Fsp3) is 0.350. The van der Waals surface area contributed by atoms with E-state index in [1.165, 1.54) is 14.0 Å². The summed E-state index contributed by atoms with van der Waals surface area (Å²) >= 11 is 5.97. The lowest BCUT2D eigenvalue weighted by Gasteiger charge is -2.12. The zero-order valence-corrected chi connectivity index (χ0v) is 16.9. The zero-order chi connectivity index (χ0) is 21.0. The number of carbonyl (C=O) groups is 1. The SMILES string of the molecule is CCc1c(Nc2ccc(C3C(F)(F)C3(C)C(=O)NC)cc2)cnc2cc(Cl)nn12. The van der Waals surface area contributed by atoms with Gasteiger partial charge < -0.3 is 10.6 Å². The van der Waals surface area contributed by atoms with Crippen molar-refractivity contribution in [2.24, 2.45) is 5.41 Å². The van der Waals surface area contributed by atoms with E-state index in [4.69, 9.17) is 11.6 Å². The predicted molar refractivity (Wildman–Crippen MR) is 107 cm³/mol. The van der Waals surface area contributed by atoms with Gasteiger partial charge in [-0.2, -0.15) is 5.10 Å². The van der Waals surface area contributed by atoms with Crippen molar-refractivity contribution in [2.75, 3.05) is 12.4 Å². The van der Waals surface area contributed by atoms with Gasteiger partial charge in [-0.3, -0.25) is 4.79 Å². The molecule has 6 nitrogen and oxygen atoms in total. The molecule has 2 atom stereocenters. The van der Waals surface area contributed by atoms with E-state index >= 15 is 0 Å². The Bertz CT molecular complexity index is 1100. The van der Waals surface area contributed by atoms with Crippen LogP contribution in [-0.4, -0.2) is 33.5 Å². The van der Waals surface area contributed by atoms with Gasteiger partial charge in [-0.15, -0.1) is 0 Å². The lowest BCUT2D eigenvalue weighted by atomic mass is 10.00. The number of benzene rings is 1. The number of aromatic nitrogens is 3. The van der Waals surface area contributed by atoms with E-state index in [9.17, 15) is 13.6 Å². The molecule has 1 saturated carbocycles. The van der Waals surface area contributed by atoms with E-state index < -0.39 is 23.2 Å². The Morgan fingerprint density at radius 2 is 2.00 bits per heavy atom. The monoisotopic (exact) mass is 419 g/mol. The van der Waals surface area contributed by atoms with Gasteiger partial charge in [0.25, 0.3) is 5.92 Å². The highest BCUT2D eigenvalue weighted by molar-refractivity contribution is 6.29. The first-order valence-electron chi connectivity index (χ1n) is 9.24. The highest BCUT2D eigenvalue weighted by Crippen LogP contribution is 2.71. The van der Waals surface area contributed by atoms with Crippen molar-refractivity contribution in [3.05, 3.63) is 52.9 Å². The molecule has 3 aromatic rings. The van der Waals surface area contributed by atoms with Crippen LogP contribution in [-0.2, 0) is 11.2 Å². The number of hydrogen-bond donors (Lipinski definition) is 2. The van der Waals surface area contributed by atoms with Crippen molar-refractivity contribution >= 4 is 34.5 Å². The normalized spacial score (nSPS) is 22.5. The average Bonchev–Trinajstić information content (AvgIpc) is 2.97. The van der Waals surface area contributed by atoms with Crippen molar-refractivity contribution < 1.29 is 13.6 Å². The quantitative estimate of drug-likeness (QED) is 0.651. The maximum absolute atomic E-state index is 14.4. The molecule has 1 fully saturated rings. The van der Waals surface area contributed by atoms with Crippen LogP contribution in [0.25, 0.3) is 5.65 Å². The van der Waals surface area contributed by atoms with Crippen LogP contribution < -0.4 is 10.6 Å². The second-order valence-corrected chi connectivity index (χ2v) is 7.68. The minimum Gasteiger partial charge on any atom is -0.358 e. The molecule has 0 spiro atoms. The van der Waals surface area contributed by atoms with E-state index in [-0.39, 0.29) is 0 Å². The summed E-state index contributed by atoms with van der Waals surface area (Å²) in [5, 5.41) is 10.2. The van der Waals surface area contributed by atoms with Crippen LogP contribution in [0.3, 0.4) is 0 Å². The number of rotatable bonds is 5. The van der Waals surface area contributed by atoms with E-state index in [0.29, 0.717) is 28.5 Å². The Kier molecular flexibility index (Phi) is 4.49. The van der Waals surface area contributed by atoms with Crippen molar-refractivity contribution in [1.82, 2.24) is 19.9 Å². The van der Waals surface area contributed by atoms with Crippen LogP contribution in [0.5, 0.6) is 0 Å². The Morgan fingerprint density at radius 3 is 2.62 bits per heavy atom. The van der Waals surface area contributed by atoms with Crippen LogP contribution >= 0.6 is 11.6 Å². The van der Waals surface area contributed by atoms with E-state index in [1.54, 1.807) is 41.0 Å². The first-order chi connectivity index (χ1) is 13.7. The molecule has 1 aliphatic rings. The van der Waals surface area contributed by atoms with E-state index in [1.807, 2.05) is 6.92 Å². The lowest BCUT2D eigenvalue weighted by Crippen LogP contribution is -2.31. The molecular formula is C20H20ClF2N5O. The number of hydrogen-bond acceptors (Lipinski definition) is 4. The number of aryl methyl sites for hydroxylation is 1. The second-order valence-electron chi connectivity index (χ2n) is 7.29. The first kappa shape index (κ1) is 19.6. The molecule has 2 unspecified atom stereocenters. The smallest absolute Gasteiger partial charge is 0.270 e. The first-order valence-corrected chi connectivity index (χ1v) is 9.62. The van der Waals surface area contributed by atoms with Crippen molar-refractivity contribution in [3.63, 3.8) is 0 Å². The third kappa shape index (κ3) is 2.85. The molecule has 2 N–H and O–H groups in total. The number of halogens is 3. The maximum atomic E-state index is 14.4. The maximum Gasteiger partial charge on any atom is 0.270 e. The van der Waals surface area contributed by atoms with Crippen molar-refractivity contribution in [3.8, 4) is 0 Å². The molecule has 1 aliphatic carbocycles. The van der Waals surface area contributed by atoms with Crippen molar-refractivity contribution in [1.29, 1.82) is 0 Å². The third-order valence-corrected chi connectivity index (χ3v) is 5.84. The van der Waals surface area contributed by atoms with Gasteiger partial charge in [0, 0.05) is 18.8 Å². The number of fused-ring (bicyclic) bond motifs is 1. The molecule has 0 aliphatic heterocycles. The molecule has 0 bridgehead atoms. The van der Waals surface area contributed by atoms with E-state index in [2.05, 4.69) is 20.7 Å². The van der Waals surface area contributed by atoms with E-state index in [0.717, 1.165) is 11.4 Å². The van der Waals surface area contributed by atoms with Crippen LogP contribution in [0.4, 0.5) is 20.2 Å². The molecule has 152 valence electrons. The summed E-state index contributed by atoms with van der Waals surface area (Å²) in [4.78, 5) is 16.3. The summed E-state index contributed by atoms with van der Waals surface area (Å²) < 4.78 is 30.4. The fourth-order valence-corrected chi connectivity index (χ4v) is 4.10. The van der Waals surface area contributed by atoms with Crippen LogP contribution in [0.2, 0.25) is 5.15 Å². The molecule has 9 heteroatoms. The van der Waals surface area contributed by atoms with Gasteiger partial charge in [0.15, 0.2) is 10.8 Å². The third-order valence-electron chi connectivity index (χ3n) is 5.66. The highest BCUT2D eigenvalue weighted by atomic mass is 35.5. The lowest BCUT2D eigenvalue weighted by molar-refractivity contribution is -0.128. The molecule has 0 radical (unpaired) electrons. The Labute approximate surface area is 171 Å². The summed E-state index contributed by atoms with van der Waals surface area (Å²) in [5.41, 5.74) is 1.72. The van der Waals surface area contributed by atoms with Crippen LogP contribution in [0.15, 0.2) is 36.5 Å². The molecule has 0 saturated heterocycles. The molecule has 29 heavy (non-hydrogen) atoms. The zero-order valence-electron chi connectivity index (χ0n) is 16.1. The number of amides is 1. The number of nitrogens with one attached hydrogen (secondary N) is 2. The minimum atomic E-state index is -3.08. The van der Waals surface area contributed by atoms with Gasteiger partial charge in [0.05, 0.1) is 23.5 Å². The fourth-order valence-electron chi connectivity index (χ4n) is 3.93. The van der Waals surface area contributed by atoms with Gasteiger partial charge in [-0.05, 0) is 31.0 Å². The second kappa shape index (κ2) is 6.66. The van der Waals surface area contributed by atoms with Gasteiger partial charge >= 0.3 is 0 Å². The standard InChI is InChI=1S/C20H20ClF2N5O/c1-4-14-13(10-25-16-9-15(21)27-28(14)16)26-12-7-5-11(6-8-12)17-19(2,18(29)24-3)20(17,22)23/h5-10,17,26H,4H2,1-3H3,(H,24,29). The van der Waals surface area contributed by atoms with Crippen molar-refractivity contribution in [2.45, 2.75) is 32.1 Å². The summed E-state index contributed by atoms with van der Waals surface area (Å²) in [6.07, 6.45) is 2.38. The molecule has 2 aromatic heterocycles. The highest BCUT2D eigenvalue weighted by Gasteiger charge is 2.82. The molecular weight excluding hydrogens is 400 g/mol. The molecule has 2 heterocycles. The number of carbonyl (C=O) groups excluding carboxylic acids is 1. The van der Waals surface area contributed by atoms with Crippen LogP contribution in [0.1, 0.15) is 31.0 Å². The van der Waals surface area contributed by atoms with Gasteiger partial charge in [0.2, 0.25) is 5.91 Å². The number of nitrogens with zero attached hydrogens (tertiary/aromatic N) is 3. The minimum absolute atomic E-state index is 0.359. The van der Waals surface area contributed by atoms with Gasteiger partial charge in [-0.25, -0.2) is 18.3 Å². The Morgan fingerprint density at radius 1 is 1.31 bits per heavy atom. The topological polar surface area (TPSA) is 71.3 Å². The average molecular weight is 420 g/mol. The number of anilines is 2. The summed E-state index contributed by atoms with van der Waals surface area (Å²) in [6.45, 7) is 3.29. The largest absolute Gasteiger partial charge is 0.358 e. The van der Waals surface area contributed by atoms with Gasteiger partial charge in [0.1, 0.15) is 5.41 Å². The summed E-state index contributed by atoms with van der Waals surface area (Å²) in [7, 11) is 1.37.